The number of hydrogen-bond acceptors (Lipinski definition) is 5. The van der Waals surface area contributed by atoms with Crippen molar-refractivity contribution >= 4 is 27.6 Å². The quantitative estimate of drug-likeness (QED) is 0.620. The molecule has 0 aromatic carbocycles. The van der Waals surface area contributed by atoms with Crippen molar-refractivity contribution < 1.29 is 17.9 Å². The molecule has 0 N–H and O–H groups in total. The predicted molar refractivity (Wildman–Crippen MR) is 72.7 cm³/mol. The van der Waals surface area contributed by atoms with Crippen LogP contribution in [0.2, 0.25) is 5.15 Å². The number of carbonyl (C=O) groups is 1. The zero-order valence-corrected chi connectivity index (χ0v) is 12.5. The summed E-state index contributed by atoms with van der Waals surface area (Å²) in [7, 11) is -2.44. The van der Waals surface area contributed by atoms with Crippen molar-refractivity contribution in [3.8, 4) is 0 Å². The first kappa shape index (κ1) is 15.2. The molecule has 0 bridgehead atoms. The molecule has 1 saturated heterocycles. The maximum Gasteiger partial charge on any atom is 0.309 e. The minimum atomic E-state index is -3.74. The lowest BCUT2D eigenvalue weighted by Gasteiger charge is -2.30. The lowest BCUT2D eigenvalue weighted by atomic mass is 10.0. The van der Waals surface area contributed by atoms with Crippen LogP contribution in [0.1, 0.15) is 12.8 Å². The van der Waals surface area contributed by atoms with Gasteiger partial charge < -0.3 is 4.74 Å². The van der Waals surface area contributed by atoms with Gasteiger partial charge in [0.1, 0.15) is 10.0 Å². The molecule has 1 aromatic rings. The van der Waals surface area contributed by atoms with Crippen LogP contribution in [-0.2, 0) is 19.6 Å². The Bertz CT molecular complexity index is 605. The van der Waals surface area contributed by atoms with Gasteiger partial charge in [-0.3, -0.25) is 4.79 Å². The first-order chi connectivity index (χ1) is 9.46. The largest absolute Gasteiger partial charge is 0.469 e. The molecule has 2 rings (SSSR count). The summed E-state index contributed by atoms with van der Waals surface area (Å²) in [5.41, 5.74) is 0. The van der Waals surface area contributed by atoms with Crippen molar-refractivity contribution in [1.82, 2.24) is 9.29 Å². The van der Waals surface area contributed by atoms with Crippen molar-refractivity contribution in [2.24, 2.45) is 5.92 Å². The summed E-state index contributed by atoms with van der Waals surface area (Å²) in [6, 6.07) is 2.92. The van der Waals surface area contributed by atoms with E-state index >= 15 is 0 Å². The molecule has 110 valence electrons. The van der Waals surface area contributed by atoms with Crippen LogP contribution >= 0.6 is 11.6 Å². The van der Waals surface area contributed by atoms with Crippen LogP contribution in [0.4, 0.5) is 0 Å². The molecule has 0 unspecified atom stereocenters. The maximum atomic E-state index is 12.5. The monoisotopic (exact) mass is 318 g/mol. The third-order valence-corrected chi connectivity index (χ3v) is 5.57. The smallest absolute Gasteiger partial charge is 0.309 e. The Hall–Kier alpha value is -1.18. The molecule has 1 aliphatic heterocycles. The van der Waals surface area contributed by atoms with Crippen LogP contribution in [0.15, 0.2) is 23.2 Å². The van der Waals surface area contributed by atoms with Gasteiger partial charge in [0.25, 0.3) is 0 Å². The lowest BCUT2D eigenvalue weighted by molar-refractivity contribution is -0.146. The van der Waals surface area contributed by atoms with Crippen molar-refractivity contribution in [3.05, 3.63) is 23.5 Å². The SMILES string of the molecule is COC(=O)[C@H]1CCCN(S(=O)(=O)c2cccnc2Cl)C1. The van der Waals surface area contributed by atoms with Gasteiger partial charge in [0.2, 0.25) is 10.0 Å². The number of pyridine rings is 1. The van der Waals surface area contributed by atoms with E-state index in [-0.39, 0.29) is 22.6 Å². The van der Waals surface area contributed by atoms with E-state index in [9.17, 15) is 13.2 Å². The van der Waals surface area contributed by atoms with E-state index in [0.717, 1.165) is 0 Å². The highest BCUT2D eigenvalue weighted by Crippen LogP contribution is 2.27. The zero-order chi connectivity index (χ0) is 14.8. The van der Waals surface area contributed by atoms with E-state index in [4.69, 9.17) is 11.6 Å². The minimum Gasteiger partial charge on any atom is -0.469 e. The number of carbonyl (C=O) groups excluding carboxylic acids is 1. The molecule has 0 amide bonds. The molecule has 2 heterocycles. The van der Waals surface area contributed by atoms with E-state index in [1.165, 1.54) is 29.7 Å². The summed E-state index contributed by atoms with van der Waals surface area (Å²) >= 11 is 5.85. The van der Waals surface area contributed by atoms with Crippen LogP contribution in [0, 0.1) is 5.92 Å². The minimum absolute atomic E-state index is 0.0350. The molecule has 1 aromatic heterocycles. The normalized spacial score (nSPS) is 20.6. The van der Waals surface area contributed by atoms with Gasteiger partial charge in [-0.2, -0.15) is 4.31 Å². The Labute approximate surface area is 122 Å². The van der Waals surface area contributed by atoms with Gasteiger partial charge in [-0.05, 0) is 25.0 Å². The predicted octanol–water partition coefficient (Wildman–Crippen LogP) is 1.31. The zero-order valence-electron chi connectivity index (χ0n) is 11.0. The van der Waals surface area contributed by atoms with E-state index in [1.54, 1.807) is 0 Å². The Morgan fingerprint density at radius 3 is 2.95 bits per heavy atom. The van der Waals surface area contributed by atoms with E-state index in [0.29, 0.717) is 19.4 Å². The summed E-state index contributed by atoms with van der Waals surface area (Å²) in [4.78, 5) is 15.3. The third kappa shape index (κ3) is 2.94. The highest BCUT2D eigenvalue weighted by molar-refractivity contribution is 7.89. The number of halogens is 1. The molecule has 1 aliphatic rings. The number of ether oxygens (including phenoxy) is 1. The van der Waals surface area contributed by atoms with Crippen LogP contribution in [0.25, 0.3) is 0 Å². The van der Waals surface area contributed by atoms with Gasteiger partial charge >= 0.3 is 5.97 Å². The molecule has 6 nitrogen and oxygen atoms in total. The van der Waals surface area contributed by atoms with Crippen LogP contribution in [-0.4, -0.2) is 43.9 Å². The molecule has 0 spiro atoms. The van der Waals surface area contributed by atoms with E-state index < -0.39 is 15.9 Å². The van der Waals surface area contributed by atoms with Crippen molar-refractivity contribution in [1.29, 1.82) is 0 Å². The number of esters is 1. The maximum absolute atomic E-state index is 12.5. The number of nitrogens with zero attached hydrogens (tertiary/aromatic N) is 2. The Kier molecular flexibility index (Phi) is 4.62. The number of aromatic nitrogens is 1. The summed E-state index contributed by atoms with van der Waals surface area (Å²) < 4.78 is 31.0. The molecule has 0 radical (unpaired) electrons. The fourth-order valence-electron chi connectivity index (χ4n) is 2.22. The topological polar surface area (TPSA) is 76.6 Å². The number of sulfonamides is 1. The molecule has 20 heavy (non-hydrogen) atoms. The number of methoxy groups -OCH3 is 1. The van der Waals surface area contributed by atoms with E-state index in [1.807, 2.05) is 0 Å². The fourth-order valence-corrected chi connectivity index (χ4v) is 4.17. The average Bonchev–Trinajstić information content (AvgIpc) is 2.47. The first-order valence-electron chi connectivity index (χ1n) is 6.15. The standard InChI is InChI=1S/C12H15ClN2O4S/c1-19-12(16)9-4-3-7-15(8-9)20(17,18)10-5-2-6-14-11(10)13/h2,5-6,9H,3-4,7-8H2,1H3/t9-/m0/s1. The van der Waals surface area contributed by atoms with Gasteiger partial charge in [-0.25, -0.2) is 13.4 Å². The van der Waals surface area contributed by atoms with Gasteiger partial charge in [0.15, 0.2) is 0 Å². The van der Waals surface area contributed by atoms with Gasteiger partial charge in [-0.15, -0.1) is 0 Å². The second-order valence-electron chi connectivity index (χ2n) is 4.52. The molecule has 1 atom stereocenters. The molecule has 0 saturated carbocycles. The molecular formula is C12H15ClN2O4S. The van der Waals surface area contributed by atoms with E-state index in [2.05, 4.69) is 9.72 Å². The molecular weight excluding hydrogens is 304 g/mol. The fraction of sp³-hybridized carbons (Fsp3) is 0.500. The van der Waals surface area contributed by atoms with Crippen molar-refractivity contribution in [2.75, 3.05) is 20.2 Å². The van der Waals surface area contributed by atoms with Crippen molar-refractivity contribution in [2.45, 2.75) is 17.7 Å². The number of piperidine rings is 1. The van der Waals surface area contributed by atoms with Crippen molar-refractivity contribution in [3.63, 3.8) is 0 Å². The summed E-state index contributed by atoms with van der Waals surface area (Å²) in [6.07, 6.45) is 2.66. The third-order valence-electron chi connectivity index (χ3n) is 3.26. The first-order valence-corrected chi connectivity index (χ1v) is 7.97. The highest BCUT2D eigenvalue weighted by atomic mass is 35.5. The van der Waals surface area contributed by atoms with Crippen LogP contribution in [0.5, 0.6) is 0 Å². The average molecular weight is 319 g/mol. The lowest BCUT2D eigenvalue weighted by Crippen LogP contribution is -2.42. The van der Waals surface area contributed by atoms with Crippen LogP contribution < -0.4 is 0 Å². The Morgan fingerprint density at radius 2 is 2.30 bits per heavy atom. The second kappa shape index (κ2) is 6.07. The summed E-state index contributed by atoms with van der Waals surface area (Å²) in [5, 5.41) is -0.0623. The number of rotatable bonds is 3. The van der Waals surface area contributed by atoms with Gasteiger partial charge in [0.05, 0.1) is 13.0 Å². The number of hydrogen-bond donors (Lipinski definition) is 0. The molecule has 8 heteroatoms. The summed E-state index contributed by atoms with van der Waals surface area (Å²) in [5.74, 6) is -0.818. The Morgan fingerprint density at radius 1 is 1.55 bits per heavy atom. The molecule has 0 aliphatic carbocycles. The molecule has 1 fully saturated rings. The Balaban J connectivity index is 2.26. The summed E-state index contributed by atoms with van der Waals surface area (Å²) in [6.45, 7) is 0.473. The second-order valence-corrected chi connectivity index (χ2v) is 6.78. The van der Waals surface area contributed by atoms with Crippen LogP contribution in [0.3, 0.4) is 0 Å². The van der Waals surface area contributed by atoms with Gasteiger partial charge in [0, 0.05) is 19.3 Å². The highest BCUT2D eigenvalue weighted by Gasteiger charge is 2.34. The van der Waals surface area contributed by atoms with Gasteiger partial charge in [-0.1, -0.05) is 11.6 Å².